The molecule has 1 heterocycles. The maximum atomic E-state index is 12.5. The van der Waals surface area contributed by atoms with Crippen molar-refractivity contribution in [3.8, 4) is 0 Å². The van der Waals surface area contributed by atoms with Crippen LogP contribution in [0.25, 0.3) is 0 Å². The van der Waals surface area contributed by atoms with Gasteiger partial charge >= 0.3 is 0 Å². The Morgan fingerprint density at radius 1 is 1.17 bits per heavy atom. The van der Waals surface area contributed by atoms with Crippen LogP contribution in [0.5, 0.6) is 0 Å². The van der Waals surface area contributed by atoms with Crippen LogP contribution in [-0.4, -0.2) is 26.1 Å². The van der Waals surface area contributed by atoms with Crippen LogP contribution in [0.4, 0.5) is 0 Å². The Kier molecular flexibility index (Phi) is 5.70. The van der Waals surface area contributed by atoms with E-state index in [2.05, 4.69) is 5.32 Å². The fraction of sp³-hybridized carbons (Fsp3) is 0.562. The summed E-state index contributed by atoms with van der Waals surface area (Å²) in [6, 6.07) is 6.84. The number of carbonyl (C=O) groups is 1. The molecule has 5 nitrogen and oxygen atoms in total. The molecule has 0 saturated heterocycles. The molecule has 3 rings (SSSR count). The van der Waals surface area contributed by atoms with Crippen molar-refractivity contribution in [3.05, 3.63) is 29.8 Å². The largest absolute Gasteiger partial charge is 0.349 e. The highest BCUT2D eigenvalue weighted by molar-refractivity contribution is 7.91. The van der Waals surface area contributed by atoms with E-state index in [1.165, 1.54) is 0 Å². The molecule has 128 valence electrons. The molecule has 3 unspecified atom stereocenters. The average Bonchev–Trinajstić information content (AvgIpc) is 2.50. The van der Waals surface area contributed by atoms with Gasteiger partial charge in [0.15, 0.2) is 9.84 Å². The molecule has 0 radical (unpaired) electrons. The lowest BCUT2D eigenvalue weighted by molar-refractivity contribution is -0.126. The number of hydrogen-bond donors (Lipinski definition) is 2. The number of fused-ring (bicyclic) bond motifs is 1. The van der Waals surface area contributed by atoms with Crippen LogP contribution in [-0.2, 0) is 14.6 Å². The predicted molar refractivity (Wildman–Crippen MR) is 91.2 cm³/mol. The Balaban J connectivity index is 0.00000192. The van der Waals surface area contributed by atoms with Crippen LogP contribution < -0.4 is 11.1 Å². The highest BCUT2D eigenvalue weighted by Crippen LogP contribution is 2.33. The fourth-order valence-corrected chi connectivity index (χ4v) is 5.12. The number of hydrogen-bond acceptors (Lipinski definition) is 4. The van der Waals surface area contributed by atoms with Crippen molar-refractivity contribution in [1.82, 2.24) is 5.32 Å². The lowest BCUT2D eigenvalue weighted by Crippen LogP contribution is -2.41. The van der Waals surface area contributed by atoms with E-state index in [1.54, 1.807) is 18.2 Å². The molecular formula is C16H23ClN2O3S. The molecule has 2 aliphatic rings. The van der Waals surface area contributed by atoms with Crippen molar-refractivity contribution >= 4 is 28.2 Å². The topological polar surface area (TPSA) is 89.3 Å². The van der Waals surface area contributed by atoms with E-state index in [-0.39, 0.29) is 42.1 Å². The Labute approximate surface area is 143 Å². The van der Waals surface area contributed by atoms with Gasteiger partial charge < -0.3 is 11.1 Å². The van der Waals surface area contributed by atoms with E-state index in [4.69, 9.17) is 5.73 Å². The Bertz CT molecular complexity index is 678. The summed E-state index contributed by atoms with van der Waals surface area (Å²) in [5.41, 5.74) is 6.66. The van der Waals surface area contributed by atoms with Gasteiger partial charge in [-0.2, -0.15) is 0 Å². The van der Waals surface area contributed by atoms with Crippen LogP contribution in [0.15, 0.2) is 29.2 Å². The van der Waals surface area contributed by atoms with Gasteiger partial charge in [-0.15, -0.1) is 12.4 Å². The number of amides is 1. The molecule has 0 spiro atoms. The minimum Gasteiger partial charge on any atom is -0.349 e. The van der Waals surface area contributed by atoms with Gasteiger partial charge in [0.1, 0.15) is 0 Å². The maximum absolute atomic E-state index is 12.5. The molecule has 1 amide bonds. The Hall–Kier alpha value is -1.11. The zero-order valence-electron chi connectivity index (χ0n) is 12.9. The summed E-state index contributed by atoms with van der Waals surface area (Å²) in [5.74, 6) is 0.0442. The standard InChI is InChI=1S/C16H22N2O3S.ClH/c17-12-5-3-4-11(10-12)16(19)18-14-8-9-22(20,21)15-7-2-1-6-13(14)15;/h1-2,6-7,11-12,14H,3-5,8-10,17H2,(H,18,19);1H. The third-order valence-electron chi connectivity index (χ3n) is 4.71. The zero-order chi connectivity index (χ0) is 15.7. The number of nitrogens with two attached hydrogens (primary N) is 1. The molecule has 1 aromatic rings. The molecule has 1 aliphatic heterocycles. The molecular weight excluding hydrogens is 336 g/mol. The second-order valence-corrected chi connectivity index (χ2v) is 8.41. The van der Waals surface area contributed by atoms with Crippen molar-refractivity contribution in [2.45, 2.75) is 49.1 Å². The van der Waals surface area contributed by atoms with Gasteiger partial charge in [-0.1, -0.05) is 24.6 Å². The summed E-state index contributed by atoms with van der Waals surface area (Å²) in [4.78, 5) is 12.8. The monoisotopic (exact) mass is 358 g/mol. The van der Waals surface area contributed by atoms with Crippen LogP contribution in [0.3, 0.4) is 0 Å². The minimum atomic E-state index is -3.22. The number of nitrogens with one attached hydrogen (secondary N) is 1. The number of carbonyl (C=O) groups excluding carboxylic acids is 1. The molecule has 1 fully saturated rings. The van der Waals surface area contributed by atoms with Crippen molar-refractivity contribution < 1.29 is 13.2 Å². The van der Waals surface area contributed by atoms with E-state index >= 15 is 0 Å². The summed E-state index contributed by atoms with van der Waals surface area (Å²) in [5, 5.41) is 3.04. The minimum absolute atomic E-state index is 0. The third-order valence-corrected chi connectivity index (χ3v) is 6.52. The Morgan fingerprint density at radius 3 is 2.65 bits per heavy atom. The molecule has 3 atom stereocenters. The highest BCUT2D eigenvalue weighted by atomic mass is 35.5. The van der Waals surface area contributed by atoms with E-state index < -0.39 is 9.84 Å². The molecule has 23 heavy (non-hydrogen) atoms. The first kappa shape index (κ1) is 18.2. The van der Waals surface area contributed by atoms with E-state index in [9.17, 15) is 13.2 Å². The van der Waals surface area contributed by atoms with Crippen LogP contribution in [0, 0.1) is 5.92 Å². The smallest absolute Gasteiger partial charge is 0.223 e. The van der Waals surface area contributed by atoms with Crippen molar-refractivity contribution in [2.24, 2.45) is 11.7 Å². The molecule has 3 N–H and O–H groups in total. The van der Waals surface area contributed by atoms with Gasteiger partial charge in [-0.3, -0.25) is 4.79 Å². The van der Waals surface area contributed by atoms with Gasteiger partial charge in [0.25, 0.3) is 0 Å². The van der Waals surface area contributed by atoms with Gasteiger partial charge in [0, 0.05) is 12.0 Å². The van der Waals surface area contributed by atoms with Crippen LogP contribution in [0.2, 0.25) is 0 Å². The fourth-order valence-electron chi connectivity index (χ4n) is 3.50. The first-order chi connectivity index (χ1) is 10.5. The lowest BCUT2D eigenvalue weighted by Gasteiger charge is -2.30. The summed E-state index contributed by atoms with van der Waals surface area (Å²) >= 11 is 0. The summed E-state index contributed by atoms with van der Waals surface area (Å²) in [6.07, 6.45) is 3.98. The van der Waals surface area contributed by atoms with E-state index in [0.717, 1.165) is 25.7 Å². The SMILES string of the molecule is Cl.NC1CCCC(C(=O)NC2CCS(=O)(=O)c3ccccc32)C1. The van der Waals surface area contributed by atoms with Crippen molar-refractivity contribution in [2.75, 3.05) is 5.75 Å². The zero-order valence-corrected chi connectivity index (χ0v) is 14.5. The van der Waals surface area contributed by atoms with Gasteiger partial charge in [0.2, 0.25) is 5.91 Å². The number of halogens is 1. The second kappa shape index (κ2) is 7.20. The molecule has 1 aliphatic carbocycles. The Morgan fingerprint density at radius 2 is 1.91 bits per heavy atom. The average molecular weight is 359 g/mol. The molecule has 0 aromatic heterocycles. The van der Waals surface area contributed by atoms with Gasteiger partial charge in [-0.05, 0) is 37.3 Å². The first-order valence-electron chi connectivity index (χ1n) is 7.85. The molecule has 7 heteroatoms. The van der Waals surface area contributed by atoms with Crippen LogP contribution >= 0.6 is 12.4 Å². The van der Waals surface area contributed by atoms with Crippen molar-refractivity contribution in [3.63, 3.8) is 0 Å². The quantitative estimate of drug-likeness (QED) is 0.845. The normalized spacial score (nSPS) is 29.0. The molecule has 1 aromatic carbocycles. The third kappa shape index (κ3) is 3.87. The van der Waals surface area contributed by atoms with Crippen molar-refractivity contribution in [1.29, 1.82) is 0 Å². The molecule has 0 bridgehead atoms. The van der Waals surface area contributed by atoms with Gasteiger partial charge in [-0.25, -0.2) is 8.42 Å². The number of sulfone groups is 1. The first-order valence-corrected chi connectivity index (χ1v) is 9.50. The van der Waals surface area contributed by atoms with Crippen LogP contribution in [0.1, 0.15) is 43.7 Å². The van der Waals surface area contributed by atoms with E-state index in [0.29, 0.717) is 16.9 Å². The summed E-state index contributed by atoms with van der Waals surface area (Å²) in [6.45, 7) is 0. The summed E-state index contributed by atoms with van der Waals surface area (Å²) in [7, 11) is -3.22. The highest BCUT2D eigenvalue weighted by Gasteiger charge is 2.33. The maximum Gasteiger partial charge on any atom is 0.223 e. The molecule has 1 saturated carbocycles. The number of rotatable bonds is 2. The number of benzene rings is 1. The lowest BCUT2D eigenvalue weighted by atomic mass is 9.85. The predicted octanol–water partition coefficient (Wildman–Crippen LogP) is 1.96. The second-order valence-electron chi connectivity index (χ2n) is 6.33. The van der Waals surface area contributed by atoms with Gasteiger partial charge in [0.05, 0.1) is 16.7 Å². The summed E-state index contributed by atoms with van der Waals surface area (Å²) < 4.78 is 24.2. The van der Waals surface area contributed by atoms with E-state index in [1.807, 2.05) is 6.07 Å².